The molecule has 0 spiro atoms. The largest absolute Gasteiger partial charge is 0.332 e. The highest BCUT2D eigenvalue weighted by molar-refractivity contribution is 6.30. The fourth-order valence-electron chi connectivity index (χ4n) is 2.53. The minimum Gasteiger partial charge on any atom is -0.327 e. The maximum atomic E-state index is 12.5. The summed E-state index contributed by atoms with van der Waals surface area (Å²) in [6.07, 6.45) is 0. The summed E-state index contributed by atoms with van der Waals surface area (Å²) in [4.78, 5) is 36.3. The normalized spacial score (nSPS) is 16.7. The number of hydrogen-bond donors (Lipinski definition) is 2. The van der Waals surface area contributed by atoms with Crippen LogP contribution in [-0.2, 0) is 14.1 Å². The molecule has 1 aromatic carbocycles. The molecule has 2 N–H and O–H groups in total. The number of aromatic nitrogens is 2. The third-order valence-corrected chi connectivity index (χ3v) is 3.95. The quantitative estimate of drug-likeness (QED) is 0.820. The average molecular weight is 321 g/mol. The summed E-state index contributed by atoms with van der Waals surface area (Å²) in [5.41, 5.74) is 0.0640. The second kappa shape index (κ2) is 5.03. The van der Waals surface area contributed by atoms with Crippen molar-refractivity contribution in [3.05, 3.63) is 61.3 Å². The number of halogens is 1. The van der Waals surface area contributed by atoms with Crippen molar-refractivity contribution in [2.75, 3.05) is 5.32 Å². The van der Waals surface area contributed by atoms with E-state index in [9.17, 15) is 14.4 Å². The molecular formula is C14H13ClN4O3. The Morgan fingerprint density at radius 2 is 1.68 bits per heavy atom. The number of fused-ring (bicyclic) bond motifs is 1. The number of nitrogens with zero attached hydrogens (tertiary/aromatic N) is 2. The van der Waals surface area contributed by atoms with Crippen LogP contribution in [-0.4, -0.2) is 15.2 Å². The number of rotatable bonds is 1. The Morgan fingerprint density at radius 3 is 2.32 bits per heavy atom. The first kappa shape index (κ1) is 14.4. The number of amides is 2. The number of hydrogen-bond acceptors (Lipinski definition) is 3. The van der Waals surface area contributed by atoms with Crippen LogP contribution in [0, 0.1) is 0 Å². The van der Waals surface area contributed by atoms with Gasteiger partial charge in [-0.05, 0) is 17.7 Å². The first-order valence-corrected chi connectivity index (χ1v) is 6.91. The second-order valence-corrected chi connectivity index (χ2v) is 5.49. The Kier molecular flexibility index (Phi) is 3.29. The molecule has 22 heavy (non-hydrogen) atoms. The zero-order chi connectivity index (χ0) is 16.0. The van der Waals surface area contributed by atoms with Crippen LogP contribution in [0.15, 0.2) is 33.9 Å². The van der Waals surface area contributed by atoms with Gasteiger partial charge in [-0.3, -0.25) is 19.2 Å². The Bertz CT molecular complexity index is 883. The average Bonchev–Trinajstić information content (AvgIpc) is 2.50. The van der Waals surface area contributed by atoms with E-state index in [1.54, 1.807) is 24.3 Å². The van der Waals surface area contributed by atoms with Gasteiger partial charge >= 0.3 is 11.7 Å². The lowest BCUT2D eigenvalue weighted by Gasteiger charge is -2.28. The van der Waals surface area contributed by atoms with Crippen molar-refractivity contribution >= 4 is 23.4 Å². The first-order valence-electron chi connectivity index (χ1n) is 6.53. The second-order valence-electron chi connectivity index (χ2n) is 5.05. The third-order valence-electron chi connectivity index (χ3n) is 3.70. The molecule has 0 fully saturated rings. The maximum absolute atomic E-state index is 12.5. The highest BCUT2D eigenvalue weighted by atomic mass is 35.5. The van der Waals surface area contributed by atoms with Crippen molar-refractivity contribution < 1.29 is 4.79 Å². The molecule has 2 amide bonds. The lowest BCUT2D eigenvalue weighted by atomic mass is 9.98. The van der Waals surface area contributed by atoms with Crippen LogP contribution in [0.2, 0.25) is 5.02 Å². The molecule has 1 unspecified atom stereocenters. The molecule has 8 heteroatoms. The summed E-state index contributed by atoms with van der Waals surface area (Å²) >= 11 is 5.87. The fourth-order valence-corrected chi connectivity index (χ4v) is 2.66. The van der Waals surface area contributed by atoms with E-state index in [0.717, 1.165) is 4.57 Å². The minimum atomic E-state index is -0.647. The molecule has 0 saturated carbocycles. The van der Waals surface area contributed by atoms with Gasteiger partial charge in [0.05, 0.1) is 11.6 Å². The van der Waals surface area contributed by atoms with Gasteiger partial charge in [0.2, 0.25) is 0 Å². The van der Waals surface area contributed by atoms with Gasteiger partial charge in [0.1, 0.15) is 5.82 Å². The van der Waals surface area contributed by atoms with Crippen molar-refractivity contribution in [1.82, 2.24) is 14.5 Å². The van der Waals surface area contributed by atoms with E-state index >= 15 is 0 Å². The molecule has 2 aromatic rings. The van der Waals surface area contributed by atoms with E-state index in [4.69, 9.17) is 11.6 Å². The molecule has 1 aliphatic heterocycles. The molecule has 114 valence electrons. The molecule has 1 aromatic heterocycles. The van der Waals surface area contributed by atoms with Crippen LogP contribution in [0.5, 0.6) is 0 Å². The van der Waals surface area contributed by atoms with Crippen LogP contribution >= 0.6 is 11.6 Å². The van der Waals surface area contributed by atoms with Gasteiger partial charge in [-0.2, -0.15) is 0 Å². The third kappa shape index (κ3) is 2.10. The molecule has 1 atom stereocenters. The number of urea groups is 1. The van der Waals surface area contributed by atoms with Crippen molar-refractivity contribution in [1.29, 1.82) is 0 Å². The number of carbonyl (C=O) groups excluding carboxylic acids is 1. The van der Waals surface area contributed by atoms with Crippen LogP contribution in [0.1, 0.15) is 17.2 Å². The van der Waals surface area contributed by atoms with Gasteiger partial charge in [-0.1, -0.05) is 23.7 Å². The fraction of sp³-hybridized carbons (Fsp3) is 0.214. The number of benzene rings is 1. The van der Waals surface area contributed by atoms with E-state index in [1.807, 2.05) is 0 Å². The molecule has 0 aliphatic carbocycles. The predicted octanol–water partition coefficient (Wildman–Crippen LogP) is 0.962. The molecule has 0 saturated heterocycles. The van der Waals surface area contributed by atoms with Gasteiger partial charge in [0.25, 0.3) is 5.56 Å². The number of nitrogens with one attached hydrogen (secondary N) is 2. The lowest BCUT2D eigenvalue weighted by Crippen LogP contribution is -2.49. The van der Waals surface area contributed by atoms with Gasteiger partial charge in [-0.25, -0.2) is 9.59 Å². The topological polar surface area (TPSA) is 85.1 Å². The van der Waals surface area contributed by atoms with Crippen molar-refractivity contribution in [3.8, 4) is 0 Å². The van der Waals surface area contributed by atoms with E-state index in [1.165, 1.54) is 18.7 Å². The summed E-state index contributed by atoms with van der Waals surface area (Å²) in [6, 6.07) is 5.69. The molecule has 0 radical (unpaired) electrons. The molecule has 0 bridgehead atoms. The summed E-state index contributed by atoms with van der Waals surface area (Å²) in [6.45, 7) is 0. The molecule has 2 heterocycles. The maximum Gasteiger partial charge on any atom is 0.332 e. The molecular weight excluding hydrogens is 308 g/mol. The summed E-state index contributed by atoms with van der Waals surface area (Å²) < 4.78 is 2.26. The molecule has 1 aliphatic rings. The monoisotopic (exact) mass is 320 g/mol. The summed E-state index contributed by atoms with van der Waals surface area (Å²) in [7, 11) is 2.91. The van der Waals surface area contributed by atoms with E-state index in [2.05, 4.69) is 10.6 Å². The Balaban J connectivity index is 2.30. The highest BCUT2D eigenvalue weighted by Gasteiger charge is 2.31. The van der Waals surface area contributed by atoms with Crippen LogP contribution in [0.3, 0.4) is 0 Å². The molecule has 3 rings (SSSR count). The van der Waals surface area contributed by atoms with Crippen LogP contribution in [0.4, 0.5) is 10.6 Å². The standard InChI is InChI=1S/C14H13ClN4O3/c1-18-11-9(12(20)19(2)14(18)22)10(16-13(21)17-11)7-3-5-8(15)6-4-7/h3-6,10H,1-2H3,(H2,16,17,21). The molecule has 7 nitrogen and oxygen atoms in total. The van der Waals surface area contributed by atoms with E-state index in [0.29, 0.717) is 16.1 Å². The van der Waals surface area contributed by atoms with Gasteiger partial charge < -0.3 is 5.32 Å². The summed E-state index contributed by atoms with van der Waals surface area (Å²) in [5, 5.41) is 5.78. The predicted molar refractivity (Wildman–Crippen MR) is 82.4 cm³/mol. The Hall–Kier alpha value is -2.54. The zero-order valence-electron chi connectivity index (χ0n) is 11.9. The minimum absolute atomic E-state index is 0.205. The highest BCUT2D eigenvalue weighted by Crippen LogP contribution is 2.28. The van der Waals surface area contributed by atoms with Gasteiger partial charge in [0, 0.05) is 19.1 Å². The van der Waals surface area contributed by atoms with E-state index in [-0.39, 0.29) is 5.82 Å². The number of anilines is 1. The van der Waals surface area contributed by atoms with Crippen molar-refractivity contribution in [3.63, 3.8) is 0 Å². The van der Waals surface area contributed by atoms with E-state index < -0.39 is 23.3 Å². The van der Waals surface area contributed by atoms with Crippen LogP contribution in [0.25, 0.3) is 0 Å². The SMILES string of the molecule is Cn1c2c(c(=O)n(C)c1=O)C(c1ccc(Cl)cc1)NC(=O)N2. The lowest BCUT2D eigenvalue weighted by molar-refractivity contribution is 0.248. The Morgan fingerprint density at radius 1 is 1.05 bits per heavy atom. The first-order chi connectivity index (χ1) is 10.4. The van der Waals surface area contributed by atoms with Gasteiger partial charge in [0.15, 0.2) is 0 Å². The van der Waals surface area contributed by atoms with Crippen molar-refractivity contribution in [2.45, 2.75) is 6.04 Å². The Labute approximate surface area is 130 Å². The smallest absolute Gasteiger partial charge is 0.327 e. The summed E-state index contributed by atoms with van der Waals surface area (Å²) in [5.74, 6) is 0.205. The van der Waals surface area contributed by atoms with Crippen LogP contribution < -0.4 is 21.9 Å². The number of carbonyl (C=O) groups is 1. The van der Waals surface area contributed by atoms with Crippen molar-refractivity contribution in [2.24, 2.45) is 14.1 Å². The van der Waals surface area contributed by atoms with Gasteiger partial charge in [-0.15, -0.1) is 0 Å². The zero-order valence-corrected chi connectivity index (χ0v) is 12.6.